The van der Waals surface area contributed by atoms with Gasteiger partial charge in [-0.3, -0.25) is 4.98 Å². The van der Waals surface area contributed by atoms with Crippen molar-refractivity contribution in [2.75, 3.05) is 0 Å². The first-order chi connectivity index (χ1) is 24.3. The van der Waals surface area contributed by atoms with Gasteiger partial charge in [-0.05, 0) is 113 Å². The number of fused-ring (bicyclic) bond motifs is 10. The van der Waals surface area contributed by atoms with Gasteiger partial charge in [0.1, 0.15) is 11.5 Å². The first kappa shape index (κ1) is 26.5. The zero-order valence-corrected chi connectivity index (χ0v) is 26.4. The van der Waals surface area contributed by atoms with E-state index in [1.54, 1.807) is 0 Å². The molecule has 10 aromatic rings. The van der Waals surface area contributed by atoms with Crippen molar-refractivity contribution in [3.63, 3.8) is 0 Å². The average Bonchev–Trinajstić information content (AvgIpc) is 3.17. The van der Waals surface area contributed by atoms with Crippen molar-refractivity contribution in [2.24, 2.45) is 0 Å². The van der Waals surface area contributed by atoms with Crippen molar-refractivity contribution in [1.29, 1.82) is 0 Å². The van der Waals surface area contributed by atoms with Gasteiger partial charge in [0.15, 0.2) is 0 Å². The third-order valence-electron chi connectivity index (χ3n) is 10.5. The Morgan fingerprint density at radius 2 is 1.00 bits per heavy atom. The molecule has 226 valence electrons. The van der Waals surface area contributed by atoms with Gasteiger partial charge in [0.25, 0.3) is 0 Å². The summed E-state index contributed by atoms with van der Waals surface area (Å²) >= 11 is 0. The molecule has 0 radical (unpaired) electrons. The number of nitrogens with zero attached hydrogens (tertiary/aromatic N) is 1. The molecule has 2 nitrogen and oxygen atoms in total. The summed E-state index contributed by atoms with van der Waals surface area (Å²) in [4.78, 5) is 4.82. The molecule has 0 bridgehead atoms. The van der Waals surface area contributed by atoms with E-state index in [0.29, 0.717) is 0 Å². The zero-order valence-electron chi connectivity index (χ0n) is 26.4. The van der Waals surface area contributed by atoms with Crippen molar-refractivity contribution in [1.82, 2.24) is 4.98 Å². The van der Waals surface area contributed by atoms with Crippen LogP contribution in [0, 0.1) is 0 Å². The van der Waals surface area contributed by atoms with E-state index in [2.05, 4.69) is 152 Å². The summed E-state index contributed by atoms with van der Waals surface area (Å²) in [5.74, 6) is 1.78. The summed E-state index contributed by atoms with van der Waals surface area (Å²) in [6.45, 7) is 0. The molecule has 1 aliphatic heterocycles. The van der Waals surface area contributed by atoms with Gasteiger partial charge in [0, 0.05) is 28.1 Å². The highest BCUT2D eigenvalue weighted by molar-refractivity contribution is 6.26. The number of hydrogen-bond acceptors (Lipinski definition) is 2. The van der Waals surface area contributed by atoms with Gasteiger partial charge in [-0.25, -0.2) is 0 Å². The van der Waals surface area contributed by atoms with Gasteiger partial charge >= 0.3 is 0 Å². The summed E-state index contributed by atoms with van der Waals surface area (Å²) in [6, 6.07) is 57.1. The normalized spacial score (nSPS) is 12.2. The fourth-order valence-corrected chi connectivity index (χ4v) is 8.28. The van der Waals surface area contributed by atoms with Crippen molar-refractivity contribution in [3.8, 4) is 44.9 Å². The third-order valence-corrected chi connectivity index (χ3v) is 10.5. The standard InChI is InChI=1S/C47H27NO/c1-2-13-31-29(10-1)24-39(33-15-4-3-14-32(31)33)30-21-22-36-43-27-41-35-17-6-5-16-34(35)40(38-19-7-11-28-12-9-23-48-47(28)38)26-42(41)37-18-8-20-44(46(37)43)49-45(36)25-30/h1-27H. The molecule has 0 spiro atoms. The van der Waals surface area contributed by atoms with E-state index < -0.39 is 0 Å². The second-order valence-electron chi connectivity index (χ2n) is 13.1. The van der Waals surface area contributed by atoms with Crippen LogP contribution in [0.3, 0.4) is 0 Å². The predicted molar refractivity (Wildman–Crippen MR) is 206 cm³/mol. The molecule has 0 saturated carbocycles. The van der Waals surface area contributed by atoms with E-state index >= 15 is 0 Å². The van der Waals surface area contributed by atoms with Gasteiger partial charge in [0.05, 0.1) is 5.52 Å². The number of para-hydroxylation sites is 1. The van der Waals surface area contributed by atoms with Crippen LogP contribution in [0.15, 0.2) is 164 Å². The van der Waals surface area contributed by atoms with Crippen molar-refractivity contribution in [3.05, 3.63) is 164 Å². The minimum absolute atomic E-state index is 0.886. The minimum Gasteiger partial charge on any atom is -0.456 e. The SMILES string of the molecule is c1cnc2c(-c3cc4c5cccc6c5c(cc4c4ccccc34)-c3ccc(-c4cc5ccccc5c5ccccc45)cc3O6)cccc2c1. The number of aromatic nitrogens is 1. The van der Waals surface area contributed by atoms with E-state index in [9.17, 15) is 0 Å². The molecule has 0 fully saturated rings. The molecule has 9 aromatic carbocycles. The molecular weight excluding hydrogens is 595 g/mol. The average molecular weight is 622 g/mol. The summed E-state index contributed by atoms with van der Waals surface area (Å²) in [5.41, 5.74) is 8.04. The van der Waals surface area contributed by atoms with Gasteiger partial charge < -0.3 is 4.74 Å². The molecule has 0 aliphatic carbocycles. The van der Waals surface area contributed by atoms with Crippen LogP contribution in [0.25, 0.3) is 98.1 Å². The molecule has 0 amide bonds. The Balaban J connectivity index is 1.17. The van der Waals surface area contributed by atoms with Crippen molar-refractivity contribution < 1.29 is 4.74 Å². The predicted octanol–water partition coefficient (Wildman–Crippen LogP) is 13.1. The first-order valence-corrected chi connectivity index (χ1v) is 16.8. The second kappa shape index (κ2) is 10.00. The third kappa shape index (κ3) is 3.80. The lowest BCUT2D eigenvalue weighted by molar-refractivity contribution is 0.487. The number of ether oxygens (including phenoxy) is 1. The van der Waals surface area contributed by atoms with Crippen LogP contribution in [0.2, 0.25) is 0 Å². The molecule has 0 unspecified atom stereocenters. The molecule has 0 atom stereocenters. The number of hydrogen-bond donors (Lipinski definition) is 0. The Morgan fingerprint density at radius 3 is 1.88 bits per heavy atom. The maximum atomic E-state index is 6.81. The van der Waals surface area contributed by atoms with Crippen LogP contribution in [-0.4, -0.2) is 4.98 Å². The van der Waals surface area contributed by atoms with Crippen molar-refractivity contribution in [2.45, 2.75) is 0 Å². The Labute approximate surface area is 282 Å². The molecule has 2 heterocycles. The van der Waals surface area contributed by atoms with Crippen LogP contribution < -0.4 is 4.74 Å². The highest BCUT2D eigenvalue weighted by atomic mass is 16.5. The first-order valence-electron chi connectivity index (χ1n) is 16.8. The Bertz CT molecular complexity index is 3020. The van der Waals surface area contributed by atoms with Gasteiger partial charge in [-0.1, -0.05) is 115 Å². The van der Waals surface area contributed by atoms with E-state index in [1.165, 1.54) is 65.2 Å². The van der Waals surface area contributed by atoms with Gasteiger partial charge in [-0.15, -0.1) is 0 Å². The minimum atomic E-state index is 0.886. The highest BCUT2D eigenvalue weighted by Crippen LogP contribution is 2.51. The van der Waals surface area contributed by atoms with Crippen LogP contribution in [0.5, 0.6) is 11.5 Å². The molecule has 0 saturated heterocycles. The lowest BCUT2D eigenvalue weighted by atomic mass is 9.85. The zero-order chi connectivity index (χ0) is 32.1. The quantitative estimate of drug-likeness (QED) is 0.179. The monoisotopic (exact) mass is 621 g/mol. The number of benzene rings is 9. The summed E-state index contributed by atoms with van der Waals surface area (Å²) in [7, 11) is 0. The van der Waals surface area contributed by atoms with Gasteiger partial charge in [0.2, 0.25) is 0 Å². The maximum Gasteiger partial charge on any atom is 0.135 e. The van der Waals surface area contributed by atoms with E-state index in [4.69, 9.17) is 9.72 Å². The number of rotatable bonds is 2. The topological polar surface area (TPSA) is 22.1 Å². The summed E-state index contributed by atoms with van der Waals surface area (Å²) < 4.78 is 6.81. The maximum absolute atomic E-state index is 6.81. The van der Waals surface area contributed by atoms with Crippen LogP contribution in [0.4, 0.5) is 0 Å². The Morgan fingerprint density at radius 1 is 0.347 bits per heavy atom. The molecule has 11 rings (SSSR count). The molecular formula is C47H27NO. The largest absolute Gasteiger partial charge is 0.456 e. The van der Waals surface area contributed by atoms with Crippen LogP contribution in [0.1, 0.15) is 0 Å². The van der Waals surface area contributed by atoms with E-state index in [0.717, 1.165) is 44.5 Å². The Kier molecular flexibility index (Phi) is 5.42. The molecule has 49 heavy (non-hydrogen) atoms. The fourth-order valence-electron chi connectivity index (χ4n) is 8.28. The smallest absolute Gasteiger partial charge is 0.135 e. The van der Waals surface area contributed by atoms with E-state index in [1.807, 2.05) is 12.3 Å². The fraction of sp³-hybridized carbons (Fsp3) is 0. The number of pyridine rings is 1. The van der Waals surface area contributed by atoms with Crippen molar-refractivity contribution >= 4 is 64.8 Å². The highest BCUT2D eigenvalue weighted by Gasteiger charge is 2.24. The van der Waals surface area contributed by atoms with Gasteiger partial charge in [-0.2, -0.15) is 0 Å². The summed E-state index contributed by atoms with van der Waals surface area (Å²) in [6.07, 6.45) is 1.89. The molecule has 2 heteroatoms. The summed E-state index contributed by atoms with van der Waals surface area (Å²) in [5, 5.41) is 13.4. The van der Waals surface area contributed by atoms with E-state index in [-0.39, 0.29) is 0 Å². The molecule has 1 aromatic heterocycles. The van der Waals surface area contributed by atoms with Crippen LogP contribution in [-0.2, 0) is 0 Å². The Hall–Kier alpha value is -6.51. The van der Waals surface area contributed by atoms with Crippen LogP contribution >= 0.6 is 0 Å². The lowest BCUT2D eigenvalue weighted by Crippen LogP contribution is -1.99. The lowest BCUT2D eigenvalue weighted by Gasteiger charge is -2.24. The molecule has 1 aliphatic rings. The second-order valence-corrected chi connectivity index (χ2v) is 13.1. The molecule has 0 N–H and O–H groups in total.